The number of fused-ring (bicyclic) bond motifs is 1. The number of hydrogen-bond acceptors (Lipinski definition) is 2. The van der Waals surface area contributed by atoms with Crippen LogP contribution in [0.5, 0.6) is 0 Å². The lowest BCUT2D eigenvalue weighted by atomic mass is 9.87. The molecule has 0 saturated carbocycles. The minimum atomic E-state index is 0.0218. The molecule has 4 heteroatoms. The molecule has 0 bridgehead atoms. The number of quaternary nitrogens is 1. The molecule has 2 atom stereocenters. The molecule has 1 aliphatic carbocycles. The molecule has 128 valence electrons. The van der Waals surface area contributed by atoms with Crippen molar-refractivity contribution in [2.45, 2.75) is 31.7 Å². The van der Waals surface area contributed by atoms with Crippen molar-refractivity contribution >= 4 is 11.6 Å². The maximum atomic E-state index is 12.4. The van der Waals surface area contributed by atoms with Crippen molar-refractivity contribution in [3.8, 4) is 6.07 Å². The summed E-state index contributed by atoms with van der Waals surface area (Å²) < 4.78 is 0. The molecule has 2 aromatic rings. The molecule has 0 radical (unpaired) electrons. The Morgan fingerprint density at radius 2 is 2.00 bits per heavy atom. The Labute approximate surface area is 149 Å². The number of carbonyl (C=O) groups is 1. The lowest BCUT2D eigenvalue weighted by Crippen LogP contribution is -3.10. The van der Waals surface area contributed by atoms with Crippen molar-refractivity contribution in [1.29, 1.82) is 5.26 Å². The largest absolute Gasteiger partial charge is 0.323 e. The lowest BCUT2D eigenvalue weighted by Gasteiger charge is -2.30. The molecule has 0 heterocycles. The fraction of sp³-hybridized carbons (Fsp3) is 0.333. The third-order valence-corrected chi connectivity index (χ3v) is 4.92. The molecule has 0 aromatic heterocycles. The van der Waals surface area contributed by atoms with Gasteiger partial charge in [-0.1, -0.05) is 36.4 Å². The van der Waals surface area contributed by atoms with E-state index in [1.807, 2.05) is 24.3 Å². The second-order valence-electron chi connectivity index (χ2n) is 6.75. The number of hydrogen-bond donors (Lipinski definition) is 2. The summed E-state index contributed by atoms with van der Waals surface area (Å²) in [6, 6.07) is 18.6. The van der Waals surface area contributed by atoms with Crippen LogP contribution in [0.4, 0.5) is 5.69 Å². The third kappa shape index (κ3) is 4.26. The van der Waals surface area contributed by atoms with E-state index < -0.39 is 0 Å². The van der Waals surface area contributed by atoms with Crippen molar-refractivity contribution in [1.82, 2.24) is 0 Å². The summed E-state index contributed by atoms with van der Waals surface area (Å²) in [5.41, 5.74) is 4.55. The molecule has 0 fully saturated rings. The molecule has 25 heavy (non-hydrogen) atoms. The van der Waals surface area contributed by atoms with Crippen LogP contribution in [0.3, 0.4) is 0 Å². The summed E-state index contributed by atoms with van der Waals surface area (Å²) in [7, 11) is 2.10. The number of nitrogens with zero attached hydrogens (tertiary/aromatic N) is 1. The van der Waals surface area contributed by atoms with Gasteiger partial charge in [-0.25, -0.2) is 0 Å². The van der Waals surface area contributed by atoms with E-state index in [4.69, 9.17) is 5.26 Å². The van der Waals surface area contributed by atoms with E-state index >= 15 is 0 Å². The Balaban J connectivity index is 1.60. The highest BCUT2D eigenvalue weighted by atomic mass is 16.2. The second kappa shape index (κ2) is 7.96. The van der Waals surface area contributed by atoms with Gasteiger partial charge in [0.05, 0.1) is 19.5 Å². The first-order valence-corrected chi connectivity index (χ1v) is 8.83. The van der Waals surface area contributed by atoms with Crippen LogP contribution in [-0.4, -0.2) is 19.5 Å². The van der Waals surface area contributed by atoms with Crippen molar-refractivity contribution in [3.05, 3.63) is 65.2 Å². The molecule has 4 nitrogen and oxygen atoms in total. The van der Waals surface area contributed by atoms with E-state index in [1.54, 1.807) is 0 Å². The second-order valence-corrected chi connectivity index (χ2v) is 6.75. The van der Waals surface area contributed by atoms with E-state index in [0.717, 1.165) is 24.1 Å². The number of benzene rings is 2. The molecular weight excluding hydrogens is 310 g/mol. The fourth-order valence-electron chi connectivity index (χ4n) is 3.64. The average Bonchev–Trinajstić information content (AvgIpc) is 2.63. The van der Waals surface area contributed by atoms with E-state index in [0.29, 0.717) is 19.0 Å². The van der Waals surface area contributed by atoms with E-state index in [2.05, 4.69) is 42.7 Å². The highest BCUT2D eigenvalue weighted by Crippen LogP contribution is 2.27. The number of nitrogens with one attached hydrogen (secondary N) is 2. The van der Waals surface area contributed by atoms with E-state index in [1.165, 1.54) is 22.4 Å². The van der Waals surface area contributed by atoms with Gasteiger partial charge in [-0.05, 0) is 36.1 Å². The van der Waals surface area contributed by atoms with Crippen LogP contribution >= 0.6 is 0 Å². The predicted molar refractivity (Wildman–Crippen MR) is 98.3 cm³/mol. The van der Waals surface area contributed by atoms with Crippen molar-refractivity contribution in [2.24, 2.45) is 0 Å². The summed E-state index contributed by atoms with van der Waals surface area (Å²) in [6.07, 6.45) is 3.84. The minimum Gasteiger partial charge on any atom is -0.323 e. The van der Waals surface area contributed by atoms with Gasteiger partial charge < -0.3 is 10.2 Å². The Morgan fingerprint density at radius 3 is 2.76 bits per heavy atom. The number of carbonyl (C=O) groups excluding carboxylic acids is 1. The normalized spacial score (nSPS) is 17.2. The number of nitriles is 1. The van der Waals surface area contributed by atoms with Gasteiger partial charge in [-0.2, -0.15) is 5.26 Å². The molecular formula is C21H24N3O+. The summed E-state index contributed by atoms with van der Waals surface area (Å²) in [4.78, 5) is 13.6. The summed E-state index contributed by atoms with van der Waals surface area (Å²) in [5.74, 6) is 0.0218. The first kappa shape index (κ1) is 17.2. The van der Waals surface area contributed by atoms with Gasteiger partial charge in [0, 0.05) is 17.7 Å². The van der Waals surface area contributed by atoms with Crippen LogP contribution in [-0.2, 0) is 17.6 Å². The Hall–Kier alpha value is -2.64. The Bertz CT molecular complexity index is 776. The first-order chi connectivity index (χ1) is 12.2. The van der Waals surface area contributed by atoms with Gasteiger partial charge in [0.1, 0.15) is 6.04 Å². The molecule has 0 aliphatic heterocycles. The predicted octanol–water partition coefficient (Wildman–Crippen LogP) is 2.28. The molecule has 3 rings (SSSR count). The summed E-state index contributed by atoms with van der Waals surface area (Å²) in [5, 5.41) is 11.7. The van der Waals surface area contributed by atoms with Crippen molar-refractivity contribution < 1.29 is 9.69 Å². The standard InChI is InChI=1S/C21H23N3O/c1-24(20-8-4-6-17-5-2-3-7-19(17)20)15-21(25)23-18-11-9-16(10-12-18)13-14-22/h2-3,5,7,9-12,20H,4,6,8,13,15H2,1H3,(H,23,25)/p+1/t20-/m1/s1. The van der Waals surface area contributed by atoms with Gasteiger partial charge in [-0.15, -0.1) is 0 Å². The molecule has 2 N–H and O–H groups in total. The number of anilines is 1. The molecule has 1 aliphatic rings. The fourth-order valence-corrected chi connectivity index (χ4v) is 3.64. The first-order valence-electron chi connectivity index (χ1n) is 8.83. The number of likely N-dealkylation sites (N-methyl/N-ethyl adjacent to an activating group) is 1. The Kier molecular flexibility index (Phi) is 5.47. The quantitative estimate of drug-likeness (QED) is 0.881. The summed E-state index contributed by atoms with van der Waals surface area (Å²) >= 11 is 0. The van der Waals surface area contributed by atoms with Gasteiger partial charge in [0.25, 0.3) is 5.91 Å². The monoisotopic (exact) mass is 334 g/mol. The highest BCUT2D eigenvalue weighted by molar-refractivity contribution is 5.91. The highest BCUT2D eigenvalue weighted by Gasteiger charge is 2.27. The number of rotatable bonds is 5. The maximum Gasteiger partial charge on any atom is 0.279 e. The zero-order valence-electron chi connectivity index (χ0n) is 14.6. The molecule has 1 unspecified atom stereocenters. The molecule has 1 amide bonds. The molecule has 2 aromatic carbocycles. The zero-order valence-corrected chi connectivity index (χ0v) is 14.6. The lowest BCUT2D eigenvalue weighted by molar-refractivity contribution is -0.905. The van der Waals surface area contributed by atoms with Gasteiger partial charge in [0.15, 0.2) is 6.54 Å². The number of aryl methyl sites for hydroxylation is 1. The minimum absolute atomic E-state index is 0.0218. The average molecular weight is 334 g/mol. The Morgan fingerprint density at radius 1 is 1.24 bits per heavy atom. The van der Waals surface area contributed by atoms with Crippen LogP contribution in [0.25, 0.3) is 0 Å². The maximum absolute atomic E-state index is 12.4. The number of amides is 1. The van der Waals surface area contributed by atoms with Crippen LogP contribution in [0.2, 0.25) is 0 Å². The van der Waals surface area contributed by atoms with Crippen molar-refractivity contribution in [2.75, 3.05) is 18.9 Å². The van der Waals surface area contributed by atoms with Gasteiger partial charge in [0.2, 0.25) is 0 Å². The zero-order chi connectivity index (χ0) is 17.6. The third-order valence-electron chi connectivity index (χ3n) is 4.92. The molecule has 0 spiro atoms. The SMILES string of the molecule is C[NH+](CC(=O)Nc1ccc(CC#N)cc1)[C@@H]1CCCc2ccccc21. The van der Waals surface area contributed by atoms with Gasteiger partial charge >= 0.3 is 0 Å². The van der Waals surface area contributed by atoms with Crippen LogP contribution in [0.1, 0.15) is 35.6 Å². The van der Waals surface area contributed by atoms with E-state index in [-0.39, 0.29) is 5.91 Å². The van der Waals surface area contributed by atoms with Gasteiger partial charge in [-0.3, -0.25) is 4.79 Å². The summed E-state index contributed by atoms with van der Waals surface area (Å²) in [6.45, 7) is 0.443. The van der Waals surface area contributed by atoms with Crippen molar-refractivity contribution in [3.63, 3.8) is 0 Å². The van der Waals surface area contributed by atoms with Crippen LogP contribution in [0, 0.1) is 11.3 Å². The van der Waals surface area contributed by atoms with E-state index in [9.17, 15) is 4.79 Å². The topological polar surface area (TPSA) is 57.3 Å². The smallest absolute Gasteiger partial charge is 0.279 e. The molecule has 0 saturated heterocycles. The van der Waals surface area contributed by atoms with Crippen LogP contribution < -0.4 is 10.2 Å². The van der Waals surface area contributed by atoms with Crippen LogP contribution in [0.15, 0.2) is 48.5 Å².